The number of hydrogen-bond donors (Lipinski definition) is 2. The van der Waals surface area contributed by atoms with Gasteiger partial charge in [0, 0.05) is 18.8 Å². The van der Waals surface area contributed by atoms with Crippen LogP contribution in [0.25, 0.3) is 0 Å². The van der Waals surface area contributed by atoms with Crippen LogP contribution in [0.4, 0.5) is 5.69 Å². The van der Waals surface area contributed by atoms with Gasteiger partial charge in [0.05, 0.1) is 5.92 Å². The Bertz CT molecular complexity index is 480. The highest BCUT2D eigenvalue weighted by Crippen LogP contribution is 2.26. The van der Waals surface area contributed by atoms with Gasteiger partial charge in [-0.1, -0.05) is 50.3 Å². The van der Waals surface area contributed by atoms with Gasteiger partial charge in [-0.2, -0.15) is 0 Å². The third kappa shape index (κ3) is 3.78. The molecule has 3 rings (SSSR count). The zero-order valence-electron chi connectivity index (χ0n) is 12.7. The van der Waals surface area contributed by atoms with Gasteiger partial charge in [0.15, 0.2) is 0 Å². The molecule has 1 aromatic carbocycles. The highest BCUT2D eigenvalue weighted by Gasteiger charge is 2.24. The van der Waals surface area contributed by atoms with Crippen LogP contribution in [0, 0.1) is 11.8 Å². The Morgan fingerprint density at radius 3 is 2.86 bits per heavy atom. The number of fused-ring (bicyclic) bond motifs is 1. The van der Waals surface area contributed by atoms with Crippen molar-refractivity contribution in [2.75, 3.05) is 18.4 Å². The second-order valence-electron chi connectivity index (χ2n) is 6.52. The van der Waals surface area contributed by atoms with E-state index in [0.717, 1.165) is 31.8 Å². The molecule has 2 N–H and O–H groups in total. The molecule has 0 aromatic heterocycles. The average Bonchev–Trinajstić information content (AvgIpc) is 2.55. The predicted octanol–water partition coefficient (Wildman–Crippen LogP) is 3.36. The Kier molecular flexibility index (Phi) is 4.79. The van der Waals surface area contributed by atoms with Crippen LogP contribution in [0.5, 0.6) is 0 Å². The normalized spacial score (nSPS) is 22.2. The largest absolute Gasteiger partial charge is 0.384 e. The van der Waals surface area contributed by atoms with Crippen LogP contribution in [0.15, 0.2) is 24.3 Å². The highest BCUT2D eigenvalue weighted by molar-refractivity contribution is 5.80. The zero-order chi connectivity index (χ0) is 14.5. The molecular weight excluding hydrogens is 260 g/mol. The van der Waals surface area contributed by atoms with E-state index in [-0.39, 0.29) is 11.8 Å². The molecular formula is C18H26N2O. The first kappa shape index (κ1) is 14.4. The van der Waals surface area contributed by atoms with E-state index in [1.54, 1.807) is 0 Å². The minimum atomic E-state index is 0.0752. The summed E-state index contributed by atoms with van der Waals surface area (Å²) in [6, 6.07) is 8.29. The molecule has 2 aliphatic rings. The van der Waals surface area contributed by atoms with Crippen LogP contribution < -0.4 is 10.6 Å². The van der Waals surface area contributed by atoms with Crippen LogP contribution in [0.3, 0.4) is 0 Å². The van der Waals surface area contributed by atoms with Crippen molar-refractivity contribution in [2.45, 2.75) is 44.9 Å². The molecule has 3 nitrogen and oxygen atoms in total. The summed E-state index contributed by atoms with van der Waals surface area (Å²) >= 11 is 0. The standard InChI is InChI=1S/C18H26N2O/c21-18(19-11-10-14-6-2-1-3-7-14)16-12-15-8-4-5-9-17(15)20-13-16/h4-5,8-9,14,16,20H,1-3,6-7,10-13H2,(H,19,21). The number of carbonyl (C=O) groups excluding carboxylic acids is 1. The Morgan fingerprint density at radius 1 is 1.19 bits per heavy atom. The summed E-state index contributed by atoms with van der Waals surface area (Å²) in [6.07, 6.45) is 8.88. The summed E-state index contributed by atoms with van der Waals surface area (Å²) < 4.78 is 0. The number of carbonyl (C=O) groups is 1. The number of amides is 1. The van der Waals surface area contributed by atoms with Crippen LogP contribution >= 0.6 is 0 Å². The molecule has 1 unspecified atom stereocenters. The average molecular weight is 286 g/mol. The topological polar surface area (TPSA) is 41.1 Å². The van der Waals surface area contributed by atoms with E-state index >= 15 is 0 Å². The number of rotatable bonds is 4. The first-order valence-corrected chi connectivity index (χ1v) is 8.42. The Morgan fingerprint density at radius 2 is 2.00 bits per heavy atom. The lowest BCUT2D eigenvalue weighted by atomic mass is 9.87. The van der Waals surface area contributed by atoms with Crippen molar-refractivity contribution in [1.82, 2.24) is 5.32 Å². The summed E-state index contributed by atoms with van der Waals surface area (Å²) in [6.45, 7) is 1.61. The smallest absolute Gasteiger partial charge is 0.225 e. The van der Waals surface area contributed by atoms with Crippen LogP contribution in [0.2, 0.25) is 0 Å². The van der Waals surface area contributed by atoms with Gasteiger partial charge in [-0.15, -0.1) is 0 Å². The van der Waals surface area contributed by atoms with Crippen molar-refractivity contribution >= 4 is 11.6 Å². The summed E-state index contributed by atoms with van der Waals surface area (Å²) in [7, 11) is 0. The van der Waals surface area contributed by atoms with Gasteiger partial charge in [-0.05, 0) is 30.4 Å². The summed E-state index contributed by atoms with van der Waals surface area (Å²) in [5.41, 5.74) is 2.44. The minimum absolute atomic E-state index is 0.0752. The number of anilines is 1. The van der Waals surface area contributed by atoms with Gasteiger partial charge < -0.3 is 10.6 Å². The first-order chi connectivity index (χ1) is 10.3. The third-order valence-corrected chi connectivity index (χ3v) is 4.97. The van der Waals surface area contributed by atoms with Crippen molar-refractivity contribution in [2.24, 2.45) is 11.8 Å². The van der Waals surface area contributed by atoms with E-state index in [2.05, 4.69) is 22.8 Å². The highest BCUT2D eigenvalue weighted by atomic mass is 16.1. The number of hydrogen-bond acceptors (Lipinski definition) is 2. The van der Waals surface area contributed by atoms with Gasteiger partial charge >= 0.3 is 0 Å². The second kappa shape index (κ2) is 6.97. The molecule has 3 heteroatoms. The summed E-state index contributed by atoms with van der Waals surface area (Å²) in [5, 5.41) is 6.52. The quantitative estimate of drug-likeness (QED) is 0.891. The van der Waals surface area contributed by atoms with Crippen molar-refractivity contribution in [3.05, 3.63) is 29.8 Å². The Labute approximate surface area is 127 Å². The molecule has 1 heterocycles. The maximum Gasteiger partial charge on any atom is 0.225 e. The second-order valence-corrected chi connectivity index (χ2v) is 6.52. The molecule has 1 aromatic rings. The molecule has 114 valence electrons. The van der Waals surface area contributed by atoms with E-state index in [1.165, 1.54) is 43.4 Å². The number of para-hydroxylation sites is 1. The lowest BCUT2D eigenvalue weighted by Gasteiger charge is -2.26. The molecule has 0 bridgehead atoms. The van der Waals surface area contributed by atoms with Crippen LogP contribution in [0.1, 0.15) is 44.1 Å². The SMILES string of the molecule is O=C(NCCC1CCCCC1)C1CNc2ccccc2C1. The lowest BCUT2D eigenvalue weighted by molar-refractivity contribution is -0.124. The van der Waals surface area contributed by atoms with Crippen LogP contribution in [-0.2, 0) is 11.2 Å². The number of benzene rings is 1. The Hall–Kier alpha value is -1.51. The first-order valence-electron chi connectivity index (χ1n) is 8.42. The van der Waals surface area contributed by atoms with Gasteiger partial charge in [-0.25, -0.2) is 0 Å². The van der Waals surface area contributed by atoms with Crippen LogP contribution in [-0.4, -0.2) is 19.0 Å². The third-order valence-electron chi connectivity index (χ3n) is 4.97. The molecule has 1 saturated carbocycles. The monoisotopic (exact) mass is 286 g/mol. The lowest BCUT2D eigenvalue weighted by Crippen LogP contribution is -2.38. The molecule has 0 saturated heterocycles. The van der Waals surface area contributed by atoms with Crippen molar-refractivity contribution in [1.29, 1.82) is 0 Å². The Balaban J connectivity index is 1.44. The maximum atomic E-state index is 12.3. The minimum Gasteiger partial charge on any atom is -0.384 e. The number of nitrogens with one attached hydrogen (secondary N) is 2. The molecule has 21 heavy (non-hydrogen) atoms. The summed E-state index contributed by atoms with van der Waals surface area (Å²) in [5.74, 6) is 1.13. The van der Waals surface area contributed by atoms with E-state index in [4.69, 9.17) is 0 Å². The van der Waals surface area contributed by atoms with E-state index in [1.807, 2.05) is 12.1 Å². The van der Waals surface area contributed by atoms with E-state index < -0.39 is 0 Å². The van der Waals surface area contributed by atoms with Gasteiger partial charge in [0.25, 0.3) is 0 Å². The molecule has 0 spiro atoms. The fourth-order valence-corrected chi connectivity index (χ4v) is 3.65. The predicted molar refractivity (Wildman–Crippen MR) is 86.3 cm³/mol. The fraction of sp³-hybridized carbons (Fsp3) is 0.611. The molecule has 1 aliphatic heterocycles. The summed E-state index contributed by atoms with van der Waals surface area (Å²) in [4.78, 5) is 12.3. The molecule has 0 radical (unpaired) electrons. The zero-order valence-corrected chi connectivity index (χ0v) is 12.7. The van der Waals surface area contributed by atoms with Gasteiger partial charge in [0.1, 0.15) is 0 Å². The van der Waals surface area contributed by atoms with Gasteiger partial charge in [-0.3, -0.25) is 4.79 Å². The molecule has 1 fully saturated rings. The van der Waals surface area contributed by atoms with E-state index in [0.29, 0.717) is 0 Å². The van der Waals surface area contributed by atoms with Gasteiger partial charge in [0.2, 0.25) is 5.91 Å². The van der Waals surface area contributed by atoms with Crippen molar-refractivity contribution < 1.29 is 4.79 Å². The fourth-order valence-electron chi connectivity index (χ4n) is 3.65. The maximum absolute atomic E-state index is 12.3. The molecule has 1 atom stereocenters. The van der Waals surface area contributed by atoms with E-state index in [9.17, 15) is 4.79 Å². The van der Waals surface area contributed by atoms with Crippen molar-refractivity contribution in [3.8, 4) is 0 Å². The van der Waals surface area contributed by atoms with Crippen molar-refractivity contribution in [3.63, 3.8) is 0 Å². The molecule has 1 aliphatic carbocycles. The molecule has 1 amide bonds.